The van der Waals surface area contributed by atoms with Crippen LogP contribution in [0.5, 0.6) is 0 Å². The molecule has 0 radical (unpaired) electrons. The van der Waals surface area contributed by atoms with Crippen LogP contribution in [0.1, 0.15) is 35.5 Å². The van der Waals surface area contributed by atoms with Crippen molar-refractivity contribution in [2.45, 2.75) is 39.2 Å². The molecule has 3 aromatic rings. The van der Waals surface area contributed by atoms with Gasteiger partial charge in [0, 0.05) is 30.2 Å². The number of benzene rings is 1. The topological polar surface area (TPSA) is 50.7 Å². The number of anilines is 1. The SMILES string of the molecule is Cc1nc2c(c(NCc3ccc(-c4cccnc4)cc3)n1)CCCC2. The first-order valence-corrected chi connectivity index (χ1v) is 8.89. The van der Waals surface area contributed by atoms with E-state index in [4.69, 9.17) is 0 Å². The van der Waals surface area contributed by atoms with E-state index in [0.717, 1.165) is 36.6 Å². The van der Waals surface area contributed by atoms with E-state index in [0.29, 0.717) is 0 Å². The van der Waals surface area contributed by atoms with Crippen LogP contribution in [0.3, 0.4) is 0 Å². The van der Waals surface area contributed by atoms with E-state index >= 15 is 0 Å². The summed E-state index contributed by atoms with van der Waals surface area (Å²) in [6.45, 7) is 2.75. The smallest absolute Gasteiger partial charge is 0.133 e. The molecule has 4 heteroatoms. The monoisotopic (exact) mass is 330 g/mol. The lowest BCUT2D eigenvalue weighted by Gasteiger charge is -2.19. The molecule has 126 valence electrons. The van der Waals surface area contributed by atoms with Crippen LogP contribution in [0.4, 0.5) is 5.82 Å². The van der Waals surface area contributed by atoms with Gasteiger partial charge < -0.3 is 5.32 Å². The third-order valence-electron chi connectivity index (χ3n) is 4.70. The van der Waals surface area contributed by atoms with Crippen LogP contribution in [0, 0.1) is 6.92 Å². The van der Waals surface area contributed by atoms with Gasteiger partial charge in [-0.3, -0.25) is 4.98 Å². The Balaban J connectivity index is 1.50. The average Bonchev–Trinajstić information content (AvgIpc) is 2.67. The summed E-state index contributed by atoms with van der Waals surface area (Å²) in [6.07, 6.45) is 8.31. The fourth-order valence-corrected chi connectivity index (χ4v) is 3.40. The van der Waals surface area contributed by atoms with E-state index in [1.54, 1.807) is 6.20 Å². The number of rotatable bonds is 4. The van der Waals surface area contributed by atoms with Gasteiger partial charge in [0.1, 0.15) is 11.6 Å². The minimum absolute atomic E-state index is 0.774. The van der Waals surface area contributed by atoms with Gasteiger partial charge in [-0.05, 0) is 55.4 Å². The summed E-state index contributed by atoms with van der Waals surface area (Å²) in [5, 5.41) is 3.53. The van der Waals surface area contributed by atoms with Crippen LogP contribution in [-0.2, 0) is 19.4 Å². The summed E-state index contributed by atoms with van der Waals surface area (Å²) in [6, 6.07) is 12.7. The summed E-state index contributed by atoms with van der Waals surface area (Å²) >= 11 is 0. The molecule has 0 saturated heterocycles. The Bertz CT molecular complexity index is 857. The van der Waals surface area contributed by atoms with Crippen LogP contribution in [-0.4, -0.2) is 15.0 Å². The number of aromatic nitrogens is 3. The maximum absolute atomic E-state index is 4.64. The lowest BCUT2D eigenvalue weighted by molar-refractivity contribution is 0.659. The first kappa shape index (κ1) is 15.8. The minimum atomic E-state index is 0.774. The molecule has 0 bridgehead atoms. The van der Waals surface area contributed by atoms with Crippen LogP contribution < -0.4 is 5.32 Å². The normalized spacial score (nSPS) is 13.3. The van der Waals surface area contributed by atoms with Crippen molar-refractivity contribution in [2.24, 2.45) is 0 Å². The molecule has 1 aliphatic rings. The van der Waals surface area contributed by atoms with Gasteiger partial charge in [-0.1, -0.05) is 30.3 Å². The Morgan fingerprint density at radius 3 is 2.60 bits per heavy atom. The van der Waals surface area contributed by atoms with Crippen molar-refractivity contribution in [1.82, 2.24) is 15.0 Å². The molecule has 2 heterocycles. The second kappa shape index (κ2) is 7.01. The second-order valence-electron chi connectivity index (χ2n) is 6.54. The standard InChI is InChI=1S/C21H22N4/c1-15-24-20-7-3-2-6-19(20)21(25-15)23-13-16-8-10-17(11-9-16)18-5-4-12-22-14-18/h4-5,8-12,14H,2-3,6-7,13H2,1H3,(H,23,24,25). The number of hydrogen-bond acceptors (Lipinski definition) is 4. The van der Waals surface area contributed by atoms with Gasteiger partial charge in [0.05, 0.1) is 0 Å². The maximum atomic E-state index is 4.64. The highest BCUT2D eigenvalue weighted by Crippen LogP contribution is 2.26. The largest absolute Gasteiger partial charge is 0.366 e. The molecule has 4 rings (SSSR count). The van der Waals surface area contributed by atoms with Crippen molar-refractivity contribution < 1.29 is 0 Å². The Morgan fingerprint density at radius 1 is 0.960 bits per heavy atom. The van der Waals surface area contributed by atoms with Gasteiger partial charge >= 0.3 is 0 Å². The molecule has 0 unspecified atom stereocenters. The summed E-state index contributed by atoms with van der Waals surface area (Å²) in [4.78, 5) is 13.4. The highest BCUT2D eigenvalue weighted by molar-refractivity contribution is 5.62. The molecular formula is C21H22N4. The second-order valence-corrected chi connectivity index (χ2v) is 6.54. The number of pyridine rings is 1. The van der Waals surface area contributed by atoms with Gasteiger partial charge in [0.15, 0.2) is 0 Å². The van der Waals surface area contributed by atoms with Crippen LogP contribution in [0.2, 0.25) is 0 Å². The zero-order chi connectivity index (χ0) is 17.1. The molecule has 0 amide bonds. The van der Waals surface area contributed by atoms with Crippen LogP contribution in [0.15, 0.2) is 48.8 Å². The van der Waals surface area contributed by atoms with E-state index in [2.05, 4.69) is 50.6 Å². The molecule has 25 heavy (non-hydrogen) atoms. The van der Waals surface area contributed by atoms with E-state index in [1.807, 2.05) is 19.2 Å². The van der Waals surface area contributed by atoms with Crippen molar-refractivity contribution in [3.63, 3.8) is 0 Å². The molecule has 0 saturated carbocycles. The molecule has 1 aromatic carbocycles. The summed E-state index contributed by atoms with van der Waals surface area (Å²) in [7, 11) is 0. The first-order chi connectivity index (χ1) is 12.3. The molecular weight excluding hydrogens is 308 g/mol. The molecule has 0 aliphatic heterocycles. The van der Waals surface area contributed by atoms with E-state index < -0.39 is 0 Å². The Kier molecular flexibility index (Phi) is 4.42. The summed E-state index contributed by atoms with van der Waals surface area (Å²) in [5.41, 5.74) is 6.11. The third kappa shape index (κ3) is 3.53. The summed E-state index contributed by atoms with van der Waals surface area (Å²) < 4.78 is 0. The lowest BCUT2D eigenvalue weighted by Crippen LogP contribution is -2.13. The van der Waals surface area contributed by atoms with E-state index in [1.165, 1.54) is 35.2 Å². The quantitative estimate of drug-likeness (QED) is 0.773. The Labute approximate surface area is 148 Å². The lowest BCUT2D eigenvalue weighted by atomic mass is 9.96. The zero-order valence-electron chi connectivity index (χ0n) is 14.5. The molecule has 2 aromatic heterocycles. The number of fused-ring (bicyclic) bond motifs is 1. The van der Waals surface area contributed by atoms with Gasteiger partial charge in [-0.15, -0.1) is 0 Å². The van der Waals surface area contributed by atoms with Crippen LogP contribution >= 0.6 is 0 Å². The van der Waals surface area contributed by atoms with Gasteiger partial charge in [-0.25, -0.2) is 9.97 Å². The van der Waals surface area contributed by atoms with Crippen LogP contribution in [0.25, 0.3) is 11.1 Å². The molecule has 1 aliphatic carbocycles. The fourth-order valence-electron chi connectivity index (χ4n) is 3.40. The van der Waals surface area contributed by atoms with Crippen molar-refractivity contribution in [3.05, 3.63) is 71.4 Å². The number of nitrogens with zero attached hydrogens (tertiary/aromatic N) is 3. The van der Waals surface area contributed by atoms with Gasteiger partial charge in [-0.2, -0.15) is 0 Å². The third-order valence-corrected chi connectivity index (χ3v) is 4.70. The molecule has 0 spiro atoms. The molecule has 1 N–H and O–H groups in total. The Morgan fingerprint density at radius 2 is 1.80 bits per heavy atom. The van der Waals surface area contributed by atoms with Crippen molar-refractivity contribution in [1.29, 1.82) is 0 Å². The minimum Gasteiger partial charge on any atom is -0.366 e. The van der Waals surface area contributed by atoms with Gasteiger partial charge in [0.25, 0.3) is 0 Å². The summed E-state index contributed by atoms with van der Waals surface area (Å²) in [5.74, 6) is 1.87. The zero-order valence-corrected chi connectivity index (χ0v) is 14.5. The van der Waals surface area contributed by atoms with Gasteiger partial charge in [0.2, 0.25) is 0 Å². The molecule has 0 fully saturated rings. The highest BCUT2D eigenvalue weighted by Gasteiger charge is 2.16. The maximum Gasteiger partial charge on any atom is 0.133 e. The average molecular weight is 330 g/mol. The van der Waals surface area contributed by atoms with Crippen molar-refractivity contribution >= 4 is 5.82 Å². The Hall–Kier alpha value is -2.75. The fraction of sp³-hybridized carbons (Fsp3) is 0.286. The van der Waals surface area contributed by atoms with Crippen molar-refractivity contribution in [2.75, 3.05) is 5.32 Å². The van der Waals surface area contributed by atoms with Crippen molar-refractivity contribution in [3.8, 4) is 11.1 Å². The van der Waals surface area contributed by atoms with E-state index in [-0.39, 0.29) is 0 Å². The molecule has 0 atom stereocenters. The first-order valence-electron chi connectivity index (χ1n) is 8.89. The number of nitrogens with one attached hydrogen (secondary N) is 1. The molecule has 4 nitrogen and oxygen atoms in total. The predicted molar refractivity (Wildman–Crippen MR) is 100 cm³/mol. The number of aryl methyl sites for hydroxylation is 2. The number of hydrogen-bond donors (Lipinski definition) is 1. The highest BCUT2D eigenvalue weighted by atomic mass is 15.0. The predicted octanol–water partition coefficient (Wildman–Crippen LogP) is 4.34. The van der Waals surface area contributed by atoms with E-state index in [9.17, 15) is 0 Å².